The SMILES string of the molecule is COCCN1C(=O)C(=O)/C(=C(/O)c2ccc(OC(C)C)c(C)c2)[C@@H]1c1ccc([N+](=O)[O-])cc1. The lowest BCUT2D eigenvalue weighted by atomic mass is 9.94. The standard InChI is InChI=1S/C24H26N2O7/c1-14(2)33-19-10-7-17(13-15(19)3)22(27)20-21(16-5-8-18(9-6-16)26(30)31)25(11-12-32-4)24(29)23(20)28/h5-10,13-14,21,27H,11-12H2,1-4H3/b22-20+/t21-/m0/s1. The number of nitrogens with zero attached hydrogens (tertiary/aromatic N) is 2. The molecule has 0 saturated carbocycles. The van der Waals surface area contributed by atoms with E-state index in [9.17, 15) is 24.8 Å². The van der Waals surface area contributed by atoms with Gasteiger partial charge in [0.15, 0.2) is 0 Å². The molecular formula is C24H26N2O7. The largest absolute Gasteiger partial charge is 0.507 e. The van der Waals surface area contributed by atoms with Crippen molar-refractivity contribution in [2.75, 3.05) is 20.3 Å². The van der Waals surface area contributed by atoms with Crippen molar-refractivity contribution in [1.29, 1.82) is 0 Å². The number of rotatable bonds is 8. The number of ether oxygens (including phenoxy) is 2. The normalized spacial score (nSPS) is 17.6. The molecule has 0 spiro atoms. The van der Waals surface area contributed by atoms with Crippen molar-refractivity contribution in [2.24, 2.45) is 0 Å². The molecule has 1 saturated heterocycles. The molecule has 33 heavy (non-hydrogen) atoms. The van der Waals surface area contributed by atoms with Gasteiger partial charge in [-0.2, -0.15) is 0 Å². The number of benzene rings is 2. The summed E-state index contributed by atoms with van der Waals surface area (Å²) >= 11 is 0. The molecule has 0 unspecified atom stereocenters. The van der Waals surface area contributed by atoms with E-state index in [0.29, 0.717) is 16.9 Å². The Balaban J connectivity index is 2.12. The Hall–Kier alpha value is -3.72. The van der Waals surface area contributed by atoms with Crippen LogP contribution in [0.1, 0.15) is 36.6 Å². The Morgan fingerprint density at radius 2 is 1.85 bits per heavy atom. The van der Waals surface area contributed by atoms with Gasteiger partial charge in [-0.25, -0.2) is 0 Å². The molecule has 3 rings (SSSR count). The number of non-ortho nitro benzene ring substituents is 1. The van der Waals surface area contributed by atoms with Crippen molar-refractivity contribution in [3.05, 3.63) is 74.8 Å². The van der Waals surface area contributed by atoms with E-state index < -0.39 is 22.7 Å². The van der Waals surface area contributed by atoms with Gasteiger partial charge in [0, 0.05) is 31.4 Å². The van der Waals surface area contributed by atoms with Crippen LogP contribution in [-0.2, 0) is 14.3 Å². The monoisotopic (exact) mass is 454 g/mol. The maximum atomic E-state index is 13.0. The van der Waals surface area contributed by atoms with Crippen molar-refractivity contribution >= 4 is 23.1 Å². The van der Waals surface area contributed by atoms with Gasteiger partial charge in [-0.05, 0) is 62.2 Å². The second-order valence-electron chi connectivity index (χ2n) is 7.98. The van der Waals surface area contributed by atoms with Crippen LogP contribution in [0.5, 0.6) is 5.75 Å². The lowest BCUT2D eigenvalue weighted by Gasteiger charge is -2.25. The van der Waals surface area contributed by atoms with Gasteiger partial charge >= 0.3 is 0 Å². The van der Waals surface area contributed by atoms with Crippen LogP contribution in [-0.4, -0.2) is 53.0 Å². The maximum absolute atomic E-state index is 13.0. The topological polar surface area (TPSA) is 119 Å². The summed E-state index contributed by atoms with van der Waals surface area (Å²) in [5, 5.41) is 22.2. The molecule has 0 bridgehead atoms. The van der Waals surface area contributed by atoms with Crippen LogP contribution < -0.4 is 4.74 Å². The summed E-state index contributed by atoms with van der Waals surface area (Å²) in [6, 6.07) is 9.65. The number of aliphatic hydroxyl groups is 1. The number of ketones is 1. The minimum atomic E-state index is -0.909. The highest BCUT2D eigenvalue weighted by molar-refractivity contribution is 6.46. The number of hydrogen-bond acceptors (Lipinski definition) is 7. The number of methoxy groups -OCH3 is 1. The minimum absolute atomic E-state index is 0.0311. The molecule has 1 fully saturated rings. The molecule has 1 aliphatic rings. The summed E-state index contributed by atoms with van der Waals surface area (Å²) in [4.78, 5) is 37.6. The summed E-state index contributed by atoms with van der Waals surface area (Å²) in [7, 11) is 1.47. The molecule has 1 N–H and O–H groups in total. The Labute approximate surface area is 191 Å². The Morgan fingerprint density at radius 1 is 1.18 bits per heavy atom. The first-order valence-corrected chi connectivity index (χ1v) is 10.4. The third kappa shape index (κ3) is 4.88. The molecule has 2 aromatic rings. The molecule has 0 aliphatic carbocycles. The zero-order valence-electron chi connectivity index (χ0n) is 18.9. The smallest absolute Gasteiger partial charge is 0.295 e. The van der Waals surface area contributed by atoms with Crippen LogP contribution in [0.15, 0.2) is 48.0 Å². The van der Waals surface area contributed by atoms with E-state index in [1.54, 1.807) is 18.2 Å². The van der Waals surface area contributed by atoms with Crippen LogP contribution in [0.4, 0.5) is 5.69 Å². The fraction of sp³-hybridized carbons (Fsp3) is 0.333. The molecule has 1 atom stereocenters. The van der Waals surface area contributed by atoms with Gasteiger partial charge in [0.05, 0.1) is 29.2 Å². The molecule has 1 aliphatic heterocycles. The van der Waals surface area contributed by atoms with E-state index in [-0.39, 0.29) is 36.3 Å². The number of carbonyl (C=O) groups is 2. The average Bonchev–Trinajstić information content (AvgIpc) is 3.03. The second kappa shape index (κ2) is 9.83. The van der Waals surface area contributed by atoms with Crippen molar-refractivity contribution in [3.8, 4) is 5.75 Å². The summed E-state index contributed by atoms with van der Waals surface area (Å²) in [5.74, 6) is -1.27. The predicted octanol–water partition coefficient (Wildman–Crippen LogP) is 3.76. The summed E-state index contributed by atoms with van der Waals surface area (Å²) in [6.07, 6.45) is -0.0311. The van der Waals surface area contributed by atoms with E-state index >= 15 is 0 Å². The van der Waals surface area contributed by atoms with Gasteiger partial charge in [-0.1, -0.05) is 0 Å². The third-order valence-corrected chi connectivity index (χ3v) is 5.31. The fourth-order valence-corrected chi connectivity index (χ4v) is 3.76. The average molecular weight is 454 g/mol. The molecule has 174 valence electrons. The second-order valence-corrected chi connectivity index (χ2v) is 7.98. The zero-order chi connectivity index (χ0) is 24.3. The third-order valence-electron chi connectivity index (χ3n) is 5.31. The predicted molar refractivity (Wildman–Crippen MR) is 121 cm³/mol. The van der Waals surface area contributed by atoms with Crippen molar-refractivity contribution in [2.45, 2.75) is 32.9 Å². The summed E-state index contributed by atoms with van der Waals surface area (Å²) in [6.45, 7) is 5.91. The maximum Gasteiger partial charge on any atom is 0.295 e. The molecule has 0 aromatic heterocycles. The molecule has 2 aromatic carbocycles. The summed E-state index contributed by atoms with van der Waals surface area (Å²) < 4.78 is 10.8. The lowest BCUT2D eigenvalue weighted by molar-refractivity contribution is -0.384. The number of hydrogen-bond donors (Lipinski definition) is 1. The van der Waals surface area contributed by atoms with Gasteiger partial charge in [-0.15, -0.1) is 0 Å². The van der Waals surface area contributed by atoms with Crippen LogP contribution in [0.3, 0.4) is 0 Å². The van der Waals surface area contributed by atoms with E-state index in [0.717, 1.165) is 5.56 Å². The first-order chi connectivity index (χ1) is 15.6. The van der Waals surface area contributed by atoms with Crippen molar-refractivity contribution in [1.82, 2.24) is 4.90 Å². The quantitative estimate of drug-likeness (QED) is 0.212. The van der Waals surface area contributed by atoms with Gasteiger partial charge in [0.25, 0.3) is 17.4 Å². The lowest BCUT2D eigenvalue weighted by Crippen LogP contribution is -2.32. The van der Waals surface area contributed by atoms with Gasteiger partial charge in [-0.3, -0.25) is 19.7 Å². The van der Waals surface area contributed by atoms with E-state index in [4.69, 9.17) is 9.47 Å². The molecule has 0 radical (unpaired) electrons. The number of Topliss-reactive ketones (excluding diaryl/α,β-unsaturated/α-hetero) is 1. The number of aliphatic hydroxyl groups excluding tert-OH is 1. The van der Waals surface area contributed by atoms with Gasteiger partial charge in [0.1, 0.15) is 11.5 Å². The highest BCUT2D eigenvalue weighted by atomic mass is 16.6. The van der Waals surface area contributed by atoms with E-state index in [1.807, 2.05) is 20.8 Å². The number of carbonyl (C=O) groups excluding carboxylic acids is 2. The molecule has 1 heterocycles. The van der Waals surface area contributed by atoms with Crippen LogP contribution in [0.2, 0.25) is 0 Å². The fourth-order valence-electron chi connectivity index (χ4n) is 3.76. The number of aryl methyl sites for hydroxylation is 1. The number of amides is 1. The highest BCUT2D eigenvalue weighted by Gasteiger charge is 2.46. The first kappa shape index (κ1) is 23.9. The van der Waals surface area contributed by atoms with Crippen LogP contribution >= 0.6 is 0 Å². The van der Waals surface area contributed by atoms with Gasteiger partial charge < -0.3 is 19.5 Å². The Bertz CT molecular complexity index is 1110. The van der Waals surface area contributed by atoms with E-state index in [1.165, 1.54) is 36.3 Å². The number of nitro groups is 1. The molecular weight excluding hydrogens is 428 g/mol. The minimum Gasteiger partial charge on any atom is -0.507 e. The highest BCUT2D eigenvalue weighted by Crippen LogP contribution is 2.40. The summed E-state index contributed by atoms with van der Waals surface area (Å²) in [5.41, 5.74) is 1.38. The molecule has 9 heteroatoms. The molecule has 1 amide bonds. The number of nitro benzene ring substituents is 1. The van der Waals surface area contributed by atoms with Crippen LogP contribution in [0.25, 0.3) is 5.76 Å². The van der Waals surface area contributed by atoms with Crippen molar-refractivity contribution in [3.63, 3.8) is 0 Å². The Kier molecular flexibility index (Phi) is 7.13. The van der Waals surface area contributed by atoms with Gasteiger partial charge in [0.2, 0.25) is 0 Å². The number of likely N-dealkylation sites (tertiary alicyclic amines) is 1. The zero-order valence-corrected chi connectivity index (χ0v) is 18.9. The first-order valence-electron chi connectivity index (χ1n) is 10.4. The van der Waals surface area contributed by atoms with E-state index in [2.05, 4.69) is 0 Å². The van der Waals surface area contributed by atoms with Crippen LogP contribution in [0, 0.1) is 17.0 Å². The van der Waals surface area contributed by atoms with Crippen molar-refractivity contribution < 1.29 is 29.1 Å². The Morgan fingerprint density at radius 3 is 2.39 bits per heavy atom. The molecule has 9 nitrogen and oxygen atoms in total.